The second kappa shape index (κ2) is 5.02. The lowest BCUT2D eigenvalue weighted by molar-refractivity contribution is 0.572. The molecular weight excluding hydrogens is 272 g/mol. The summed E-state index contributed by atoms with van der Waals surface area (Å²) >= 11 is 6.73. The predicted molar refractivity (Wildman–Crippen MR) is 86.9 cm³/mol. The van der Waals surface area contributed by atoms with Gasteiger partial charge in [0, 0.05) is 11.0 Å². The number of rotatable bonds is 2. The van der Waals surface area contributed by atoms with Crippen LogP contribution in [-0.2, 0) is 5.41 Å². The Morgan fingerprint density at radius 3 is 2.47 bits per heavy atom. The maximum absolute atomic E-state index is 5.83. The van der Waals surface area contributed by atoms with Gasteiger partial charge in [0.25, 0.3) is 0 Å². The standard InChI is InChI=1S/C15H18N2S2/c1-9-6-5-7-10(8-9)14-17-12(15(2,3)4)11(19-14)13(16)18/h5-8H,1-4H3,(H2,16,18). The van der Waals surface area contributed by atoms with Crippen molar-refractivity contribution in [3.8, 4) is 10.6 Å². The minimum atomic E-state index is -0.0582. The van der Waals surface area contributed by atoms with Gasteiger partial charge >= 0.3 is 0 Å². The van der Waals surface area contributed by atoms with Crippen LogP contribution in [0.2, 0.25) is 0 Å². The van der Waals surface area contributed by atoms with Gasteiger partial charge in [-0.2, -0.15) is 0 Å². The molecule has 1 heterocycles. The molecule has 100 valence electrons. The van der Waals surface area contributed by atoms with Crippen molar-refractivity contribution in [1.82, 2.24) is 4.98 Å². The summed E-state index contributed by atoms with van der Waals surface area (Å²) in [5.74, 6) is 0. The highest BCUT2D eigenvalue weighted by molar-refractivity contribution is 7.81. The van der Waals surface area contributed by atoms with Gasteiger partial charge in [-0.05, 0) is 13.0 Å². The molecule has 0 aliphatic rings. The number of nitrogens with zero attached hydrogens (tertiary/aromatic N) is 1. The summed E-state index contributed by atoms with van der Waals surface area (Å²) in [5, 5.41) is 0.983. The summed E-state index contributed by atoms with van der Waals surface area (Å²) in [6.07, 6.45) is 0. The summed E-state index contributed by atoms with van der Waals surface area (Å²) in [6, 6.07) is 8.33. The molecule has 0 saturated heterocycles. The first-order chi connectivity index (χ1) is 8.79. The minimum Gasteiger partial charge on any atom is -0.389 e. The second-order valence-corrected chi connectivity index (χ2v) is 7.12. The first-order valence-electron chi connectivity index (χ1n) is 6.17. The van der Waals surface area contributed by atoms with Crippen molar-refractivity contribution in [2.75, 3.05) is 0 Å². The molecule has 1 aromatic carbocycles. The van der Waals surface area contributed by atoms with Crippen molar-refractivity contribution in [3.63, 3.8) is 0 Å². The fraction of sp³-hybridized carbons (Fsp3) is 0.333. The lowest BCUT2D eigenvalue weighted by Gasteiger charge is -2.16. The Morgan fingerprint density at radius 2 is 2.00 bits per heavy atom. The molecule has 0 spiro atoms. The number of thiazole rings is 1. The van der Waals surface area contributed by atoms with Crippen molar-refractivity contribution < 1.29 is 0 Å². The third-order valence-corrected chi connectivity index (χ3v) is 4.30. The molecule has 0 atom stereocenters. The van der Waals surface area contributed by atoms with Crippen LogP contribution in [0, 0.1) is 6.92 Å². The molecule has 2 N–H and O–H groups in total. The SMILES string of the molecule is Cc1cccc(-c2nc(C(C)(C)C)c(C(N)=S)s2)c1. The summed E-state index contributed by atoms with van der Waals surface area (Å²) < 4.78 is 0. The third-order valence-electron chi connectivity index (χ3n) is 2.83. The summed E-state index contributed by atoms with van der Waals surface area (Å²) in [7, 11) is 0. The van der Waals surface area contributed by atoms with Gasteiger partial charge in [0.2, 0.25) is 0 Å². The maximum Gasteiger partial charge on any atom is 0.124 e. The molecule has 0 amide bonds. The Kier molecular flexibility index (Phi) is 3.74. The zero-order valence-electron chi connectivity index (χ0n) is 11.7. The fourth-order valence-corrected chi connectivity index (χ4v) is 3.24. The Labute approximate surface area is 123 Å². The van der Waals surface area contributed by atoms with E-state index in [-0.39, 0.29) is 5.41 Å². The van der Waals surface area contributed by atoms with Crippen LogP contribution in [0.3, 0.4) is 0 Å². The maximum atomic E-state index is 5.83. The molecule has 0 aliphatic carbocycles. The number of hydrogen-bond acceptors (Lipinski definition) is 3. The Morgan fingerprint density at radius 1 is 1.32 bits per heavy atom. The van der Waals surface area contributed by atoms with Crippen LogP contribution in [0.4, 0.5) is 0 Å². The van der Waals surface area contributed by atoms with E-state index in [0.717, 1.165) is 21.1 Å². The first-order valence-corrected chi connectivity index (χ1v) is 7.39. The van der Waals surface area contributed by atoms with Crippen molar-refractivity contribution in [2.45, 2.75) is 33.1 Å². The van der Waals surface area contributed by atoms with Crippen LogP contribution in [0.1, 0.15) is 36.9 Å². The molecule has 19 heavy (non-hydrogen) atoms. The van der Waals surface area contributed by atoms with Gasteiger partial charge in [-0.25, -0.2) is 4.98 Å². The normalized spacial score (nSPS) is 11.6. The van der Waals surface area contributed by atoms with Gasteiger partial charge in [-0.15, -0.1) is 11.3 Å². The van der Waals surface area contributed by atoms with E-state index in [9.17, 15) is 0 Å². The number of aryl methyl sites for hydroxylation is 1. The largest absolute Gasteiger partial charge is 0.389 e. The molecule has 0 bridgehead atoms. The van der Waals surface area contributed by atoms with Crippen LogP contribution < -0.4 is 5.73 Å². The first kappa shape index (κ1) is 14.2. The number of hydrogen-bond donors (Lipinski definition) is 1. The van der Waals surface area contributed by atoms with E-state index in [1.165, 1.54) is 5.56 Å². The van der Waals surface area contributed by atoms with E-state index in [0.29, 0.717) is 4.99 Å². The van der Waals surface area contributed by atoms with E-state index in [1.54, 1.807) is 11.3 Å². The molecule has 2 aromatic rings. The quantitative estimate of drug-likeness (QED) is 0.848. The van der Waals surface area contributed by atoms with Crippen molar-refractivity contribution >= 4 is 28.5 Å². The van der Waals surface area contributed by atoms with Crippen LogP contribution >= 0.6 is 23.6 Å². The zero-order valence-corrected chi connectivity index (χ0v) is 13.3. The summed E-state index contributed by atoms with van der Waals surface area (Å²) in [5.41, 5.74) is 9.11. The van der Waals surface area contributed by atoms with Crippen LogP contribution in [0.15, 0.2) is 24.3 Å². The van der Waals surface area contributed by atoms with Gasteiger partial charge in [0.15, 0.2) is 0 Å². The Bertz CT molecular complexity index is 621. The van der Waals surface area contributed by atoms with E-state index < -0.39 is 0 Å². The Balaban J connectivity index is 2.58. The number of benzene rings is 1. The molecule has 0 unspecified atom stereocenters. The lowest BCUT2D eigenvalue weighted by atomic mass is 9.91. The van der Waals surface area contributed by atoms with E-state index in [2.05, 4.69) is 45.9 Å². The van der Waals surface area contributed by atoms with Crippen molar-refractivity contribution in [3.05, 3.63) is 40.4 Å². The van der Waals surface area contributed by atoms with E-state index in [1.807, 2.05) is 6.07 Å². The highest BCUT2D eigenvalue weighted by Gasteiger charge is 2.24. The zero-order chi connectivity index (χ0) is 14.2. The molecule has 1 aromatic heterocycles. The van der Waals surface area contributed by atoms with Gasteiger partial charge in [-0.1, -0.05) is 56.8 Å². The monoisotopic (exact) mass is 290 g/mol. The number of thiocarbonyl (C=S) groups is 1. The molecule has 4 heteroatoms. The van der Waals surface area contributed by atoms with Gasteiger partial charge in [0.05, 0.1) is 10.6 Å². The van der Waals surface area contributed by atoms with Crippen LogP contribution in [0.5, 0.6) is 0 Å². The molecular formula is C15H18N2S2. The molecule has 0 fully saturated rings. The van der Waals surface area contributed by atoms with Crippen LogP contribution in [-0.4, -0.2) is 9.97 Å². The lowest BCUT2D eigenvalue weighted by Crippen LogP contribution is -2.19. The smallest absolute Gasteiger partial charge is 0.124 e. The topological polar surface area (TPSA) is 38.9 Å². The van der Waals surface area contributed by atoms with Crippen molar-refractivity contribution in [2.24, 2.45) is 5.73 Å². The molecule has 2 nitrogen and oxygen atoms in total. The Hall–Kier alpha value is -1.26. The minimum absolute atomic E-state index is 0.0582. The highest BCUT2D eigenvalue weighted by Crippen LogP contribution is 2.34. The molecule has 0 radical (unpaired) electrons. The van der Waals surface area contributed by atoms with Crippen LogP contribution in [0.25, 0.3) is 10.6 Å². The highest BCUT2D eigenvalue weighted by atomic mass is 32.1. The average Bonchev–Trinajstić information content (AvgIpc) is 2.73. The second-order valence-electron chi connectivity index (χ2n) is 5.68. The summed E-state index contributed by atoms with van der Waals surface area (Å²) in [4.78, 5) is 6.13. The van der Waals surface area contributed by atoms with E-state index >= 15 is 0 Å². The summed E-state index contributed by atoms with van der Waals surface area (Å²) in [6.45, 7) is 8.47. The third kappa shape index (κ3) is 3.01. The predicted octanol–water partition coefficient (Wildman–Crippen LogP) is 4.05. The van der Waals surface area contributed by atoms with Gasteiger partial charge in [-0.3, -0.25) is 0 Å². The molecule has 0 aliphatic heterocycles. The molecule has 0 saturated carbocycles. The fourth-order valence-electron chi connectivity index (χ4n) is 1.90. The number of nitrogens with two attached hydrogens (primary N) is 1. The number of aromatic nitrogens is 1. The molecule has 2 rings (SSSR count). The van der Waals surface area contributed by atoms with E-state index in [4.69, 9.17) is 22.9 Å². The van der Waals surface area contributed by atoms with Gasteiger partial charge in [0.1, 0.15) is 10.00 Å². The van der Waals surface area contributed by atoms with Gasteiger partial charge < -0.3 is 5.73 Å². The average molecular weight is 290 g/mol. The van der Waals surface area contributed by atoms with Crippen molar-refractivity contribution in [1.29, 1.82) is 0 Å².